The fraction of sp³-hybridized carbons (Fsp3) is 0.0625. The largest absolute Gasteiger partial charge is 0.496 e. The van der Waals surface area contributed by atoms with Crippen LogP contribution in [0.4, 0.5) is 10.1 Å². The van der Waals surface area contributed by atoms with Crippen molar-refractivity contribution in [1.29, 1.82) is 0 Å². The Hall–Kier alpha value is -3.22. The SMILES string of the molecule is COc1ccc(OC(=O)/C=C/c2ccc(F)cc2)c([N+](=O)[O-])c1. The minimum Gasteiger partial charge on any atom is -0.496 e. The normalized spacial score (nSPS) is 10.5. The molecule has 2 aromatic rings. The van der Waals surface area contributed by atoms with E-state index in [0.717, 1.165) is 12.1 Å². The third-order valence-corrected chi connectivity index (χ3v) is 2.86. The van der Waals surface area contributed by atoms with Crippen LogP contribution in [-0.2, 0) is 4.79 Å². The van der Waals surface area contributed by atoms with E-state index in [-0.39, 0.29) is 17.2 Å². The molecule has 0 amide bonds. The molecule has 0 aromatic heterocycles. The molecule has 0 heterocycles. The number of hydrogen-bond acceptors (Lipinski definition) is 5. The third kappa shape index (κ3) is 4.37. The van der Waals surface area contributed by atoms with E-state index in [0.29, 0.717) is 5.56 Å². The monoisotopic (exact) mass is 317 g/mol. The maximum Gasteiger partial charge on any atom is 0.336 e. The second-order valence-corrected chi connectivity index (χ2v) is 4.40. The number of ether oxygens (including phenoxy) is 2. The Balaban J connectivity index is 2.13. The molecule has 7 heteroatoms. The number of benzene rings is 2. The van der Waals surface area contributed by atoms with Gasteiger partial charge in [-0.05, 0) is 35.9 Å². The van der Waals surface area contributed by atoms with Crippen LogP contribution in [0.25, 0.3) is 6.08 Å². The molecule has 0 aliphatic heterocycles. The van der Waals surface area contributed by atoms with Crippen LogP contribution in [-0.4, -0.2) is 18.0 Å². The van der Waals surface area contributed by atoms with Gasteiger partial charge in [-0.1, -0.05) is 12.1 Å². The second-order valence-electron chi connectivity index (χ2n) is 4.40. The van der Waals surface area contributed by atoms with E-state index in [1.54, 1.807) is 0 Å². The van der Waals surface area contributed by atoms with Gasteiger partial charge in [0.15, 0.2) is 0 Å². The van der Waals surface area contributed by atoms with E-state index < -0.39 is 16.7 Å². The fourth-order valence-corrected chi connectivity index (χ4v) is 1.73. The molecule has 0 aliphatic rings. The van der Waals surface area contributed by atoms with E-state index in [4.69, 9.17) is 9.47 Å². The van der Waals surface area contributed by atoms with Crippen molar-refractivity contribution in [2.45, 2.75) is 0 Å². The molecule has 0 saturated heterocycles. The first kappa shape index (κ1) is 16.2. The van der Waals surface area contributed by atoms with Gasteiger partial charge in [0.25, 0.3) is 0 Å². The van der Waals surface area contributed by atoms with Gasteiger partial charge < -0.3 is 9.47 Å². The van der Waals surface area contributed by atoms with Gasteiger partial charge in [-0.25, -0.2) is 9.18 Å². The van der Waals surface area contributed by atoms with Crippen LogP contribution in [0.3, 0.4) is 0 Å². The van der Waals surface area contributed by atoms with Gasteiger partial charge in [0, 0.05) is 6.08 Å². The number of esters is 1. The summed E-state index contributed by atoms with van der Waals surface area (Å²) in [6.45, 7) is 0. The van der Waals surface area contributed by atoms with Crippen LogP contribution >= 0.6 is 0 Å². The summed E-state index contributed by atoms with van der Waals surface area (Å²) in [6.07, 6.45) is 2.51. The molecule has 0 atom stereocenters. The predicted molar refractivity (Wildman–Crippen MR) is 80.7 cm³/mol. The molecule has 0 radical (unpaired) electrons. The van der Waals surface area contributed by atoms with E-state index in [9.17, 15) is 19.3 Å². The topological polar surface area (TPSA) is 78.7 Å². The van der Waals surface area contributed by atoms with Crippen LogP contribution < -0.4 is 9.47 Å². The molecular formula is C16H12FNO5. The lowest BCUT2D eigenvalue weighted by Gasteiger charge is -2.04. The predicted octanol–water partition coefficient (Wildman–Crippen LogP) is 3.36. The van der Waals surface area contributed by atoms with Crippen molar-refractivity contribution < 1.29 is 23.6 Å². The number of hydrogen-bond donors (Lipinski definition) is 0. The minimum absolute atomic E-state index is 0.190. The zero-order chi connectivity index (χ0) is 16.8. The van der Waals surface area contributed by atoms with E-state index in [1.807, 2.05) is 0 Å². The molecule has 0 spiro atoms. The first-order valence-corrected chi connectivity index (χ1v) is 6.47. The molecular weight excluding hydrogens is 305 g/mol. The summed E-state index contributed by atoms with van der Waals surface area (Å²) in [6, 6.07) is 9.34. The van der Waals surface area contributed by atoms with Gasteiger partial charge in [-0.2, -0.15) is 0 Å². The maximum absolute atomic E-state index is 12.8. The van der Waals surface area contributed by atoms with Crippen molar-refractivity contribution in [3.05, 3.63) is 70.0 Å². The third-order valence-electron chi connectivity index (χ3n) is 2.86. The Bertz CT molecular complexity index is 756. The van der Waals surface area contributed by atoms with Gasteiger partial charge in [-0.3, -0.25) is 10.1 Å². The Morgan fingerprint density at radius 1 is 1.22 bits per heavy atom. The lowest BCUT2D eigenvalue weighted by Crippen LogP contribution is -2.06. The summed E-state index contributed by atoms with van der Waals surface area (Å²) in [5, 5.41) is 11.0. The van der Waals surface area contributed by atoms with E-state index in [2.05, 4.69) is 0 Å². The van der Waals surface area contributed by atoms with Gasteiger partial charge in [0.2, 0.25) is 5.75 Å². The lowest BCUT2D eigenvalue weighted by atomic mass is 10.2. The van der Waals surface area contributed by atoms with Crippen molar-refractivity contribution in [3.63, 3.8) is 0 Å². The highest BCUT2D eigenvalue weighted by Crippen LogP contribution is 2.31. The van der Waals surface area contributed by atoms with Crippen LogP contribution in [0.1, 0.15) is 5.56 Å². The zero-order valence-electron chi connectivity index (χ0n) is 12.1. The molecule has 0 N–H and O–H groups in total. The van der Waals surface area contributed by atoms with Crippen molar-refractivity contribution in [2.75, 3.05) is 7.11 Å². The molecule has 0 aliphatic carbocycles. The number of rotatable bonds is 5. The summed E-state index contributed by atoms with van der Waals surface area (Å²) in [5.41, 5.74) is 0.209. The van der Waals surface area contributed by atoms with Crippen molar-refractivity contribution in [2.24, 2.45) is 0 Å². The molecule has 0 bridgehead atoms. The zero-order valence-corrected chi connectivity index (χ0v) is 12.1. The van der Waals surface area contributed by atoms with Crippen molar-refractivity contribution in [3.8, 4) is 11.5 Å². The summed E-state index contributed by atoms with van der Waals surface area (Å²) in [4.78, 5) is 22.1. The Morgan fingerprint density at radius 3 is 2.52 bits per heavy atom. The van der Waals surface area contributed by atoms with Gasteiger partial charge in [0.1, 0.15) is 11.6 Å². The quantitative estimate of drug-likeness (QED) is 0.278. The summed E-state index contributed by atoms with van der Waals surface area (Å²) in [5.74, 6) is -1.09. The molecule has 6 nitrogen and oxygen atoms in total. The number of carbonyl (C=O) groups excluding carboxylic acids is 1. The number of carbonyl (C=O) groups is 1. The Morgan fingerprint density at radius 2 is 1.91 bits per heavy atom. The second kappa shape index (κ2) is 7.17. The van der Waals surface area contributed by atoms with Crippen LogP contribution in [0.2, 0.25) is 0 Å². The molecule has 2 rings (SSSR count). The van der Waals surface area contributed by atoms with Gasteiger partial charge in [0.05, 0.1) is 18.1 Å². The summed E-state index contributed by atoms with van der Waals surface area (Å²) in [7, 11) is 1.37. The first-order valence-electron chi connectivity index (χ1n) is 6.47. The molecule has 2 aromatic carbocycles. The van der Waals surface area contributed by atoms with Crippen LogP contribution in [0.15, 0.2) is 48.5 Å². The minimum atomic E-state index is -0.789. The fourth-order valence-electron chi connectivity index (χ4n) is 1.73. The maximum atomic E-state index is 12.8. The van der Waals surface area contributed by atoms with Gasteiger partial charge in [-0.15, -0.1) is 0 Å². The number of nitrogens with zero attached hydrogens (tertiary/aromatic N) is 1. The molecule has 23 heavy (non-hydrogen) atoms. The van der Waals surface area contributed by atoms with Crippen LogP contribution in [0.5, 0.6) is 11.5 Å². The first-order chi connectivity index (χ1) is 11.0. The summed E-state index contributed by atoms with van der Waals surface area (Å²) < 4.78 is 22.6. The van der Waals surface area contributed by atoms with Gasteiger partial charge >= 0.3 is 11.7 Å². The molecule has 0 unspecified atom stereocenters. The lowest BCUT2D eigenvalue weighted by molar-refractivity contribution is -0.385. The number of nitro groups is 1. The highest BCUT2D eigenvalue weighted by atomic mass is 19.1. The average Bonchev–Trinajstić information content (AvgIpc) is 2.54. The average molecular weight is 317 g/mol. The number of methoxy groups -OCH3 is 1. The van der Waals surface area contributed by atoms with E-state index in [1.165, 1.54) is 49.6 Å². The Kier molecular flexibility index (Phi) is 5.03. The smallest absolute Gasteiger partial charge is 0.336 e. The highest BCUT2D eigenvalue weighted by molar-refractivity contribution is 5.89. The highest BCUT2D eigenvalue weighted by Gasteiger charge is 2.18. The molecule has 118 valence electrons. The van der Waals surface area contributed by atoms with Crippen molar-refractivity contribution >= 4 is 17.7 Å². The van der Waals surface area contributed by atoms with E-state index >= 15 is 0 Å². The Labute approximate surface area is 130 Å². The number of nitro benzene ring substituents is 1. The molecule has 0 saturated carbocycles. The summed E-state index contributed by atoms with van der Waals surface area (Å²) >= 11 is 0. The van der Waals surface area contributed by atoms with Crippen LogP contribution in [0, 0.1) is 15.9 Å². The molecule has 0 fully saturated rings. The van der Waals surface area contributed by atoms with Crippen molar-refractivity contribution in [1.82, 2.24) is 0 Å². The number of halogens is 1. The standard InChI is InChI=1S/C16H12FNO5/c1-22-13-7-8-15(14(10-13)18(20)21)23-16(19)9-4-11-2-5-12(17)6-3-11/h2-10H,1H3/b9-4+.